The van der Waals surface area contributed by atoms with Crippen LogP contribution in [0.2, 0.25) is 0 Å². The number of carbonyl (C=O) groups excluding carboxylic acids is 1. The summed E-state index contributed by atoms with van der Waals surface area (Å²) in [6, 6.07) is 15.4. The van der Waals surface area contributed by atoms with Gasteiger partial charge in [0.2, 0.25) is 5.91 Å². The summed E-state index contributed by atoms with van der Waals surface area (Å²) in [5.74, 6) is -0.180. The van der Waals surface area contributed by atoms with E-state index < -0.39 is 11.7 Å². The molecular formula is C21H19F3N4O. The van der Waals surface area contributed by atoms with Crippen LogP contribution in [-0.2, 0) is 24.1 Å². The largest absolute Gasteiger partial charge is 0.417 e. The highest BCUT2D eigenvalue weighted by molar-refractivity contribution is 5.78. The minimum Gasteiger partial charge on any atom is -0.349 e. The average Bonchev–Trinajstić information content (AvgIpc) is 2.73. The molecule has 0 aliphatic heterocycles. The number of hydrogen-bond donors (Lipinski definition) is 2. The Labute approximate surface area is 166 Å². The van der Waals surface area contributed by atoms with E-state index in [0.29, 0.717) is 23.5 Å². The van der Waals surface area contributed by atoms with E-state index in [4.69, 9.17) is 0 Å². The molecule has 5 nitrogen and oxygen atoms in total. The summed E-state index contributed by atoms with van der Waals surface area (Å²) < 4.78 is 38.0. The molecule has 0 fully saturated rings. The van der Waals surface area contributed by atoms with Gasteiger partial charge in [-0.2, -0.15) is 13.2 Å². The Bertz CT molecular complexity index is 944. The topological polar surface area (TPSA) is 66.9 Å². The highest BCUT2D eigenvalue weighted by Gasteiger charge is 2.30. The van der Waals surface area contributed by atoms with E-state index >= 15 is 0 Å². The van der Waals surface area contributed by atoms with Gasteiger partial charge in [-0.1, -0.05) is 30.3 Å². The van der Waals surface area contributed by atoms with Crippen LogP contribution in [0.25, 0.3) is 11.3 Å². The number of nitrogens with one attached hydrogen (secondary N) is 2. The molecule has 3 aromatic rings. The van der Waals surface area contributed by atoms with Crippen molar-refractivity contribution in [2.75, 3.05) is 6.54 Å². The van der Waals surface area contributed by atoms with Gasteiger partial charge in [-0.3, -0.25) is 14.8 Å². The Morgan fingerprint density at radius 3 is 2.45 bits per heavy atom. The summed E-state index contributed by atoms with van der Waals surface area (Å²) in [7, 11) is 0. The molecule has 0 spiro atoms. The van der Waals surface area contributed by atoms with Crippen molar-refractivity contribution in [3.63, 3.8) is 0 Å². The highest BCUT2D eigenvalue weighted by atomic mass is 19.4. The molecule has 0 saturated carbocycles. The van der Waals surface area contributed by atoms with Gasteiger partial charge in [0.05, 0.1) is 30.0 Å². The number of halogens is 3. The van der Waals surface area contributed by atoms with Crippen LogP contribution in [0.1, 0.15) is 16.8 Å². The quantitative estimate of drug-likeness (QED) is 0.636. The van der Waals surface area contributed by atoms with Crippen LogP contribution in [0.15, 0.2) is 67.0 Å². The van der Waals surface area contributed by atoms with E-state index in [9.17, 15) is 18.0 Å². The molecule has 0 atom stereocenters. The van der Waals surface area contributed by atoms with Gasteiger partial charge in [-0.05, 0) is 29.8 Å². The molecule has 0 saturated heterocycles. The molecule has 0 unspecified atom stereocenters. The van der Waals surface area contributed by atoms with Crippen molar-refractivity contribution >= 4 is 5.91 Å². The van der Waals surface area contributed by atoms with E-state index in [-0.39, 0.29) is 19.0 Å². The number of amides is 1. The first kappa shape index (κ1) is 20.5. The molecule has 0 bridgehead atoms. The molecule has 2 N–H and O–H groups in total. The van der Waals surface area contributed by atoms with Crippen LogP contribution < -0.4 is 10.6 Å². The van der Waals surface area contributed by atoms with Crippen LogP contribution in [0.3, 0.4) is 0 Å². The molecule has 0 radical (unpaired) electrons. The maximum atomic E-state index is 12.7. The lowest BCUT2D eigenvalue weighted by atomic mass is 10.1. The third kappa shape index (κ3) is 6.11. The van der Waals surface area contributed by atoms with Crippen LogP contribution in [0.5, 0.6) is 0 Å². The summed E-state index contributed by atoms with van der Waals surface area (Å²) in [6.45, 7) is 0.955. The molecule has 1 aromatic carbocycles. The van der Waals surface area contributed by atoms with E-state index in [1.807, 2.05) is 30.3 Å². The molecule has 2 heterocycles. The minimum absolute atomic E-state index is 0.162. The molecule has 150 valence electrons. The second-order valence-electron chi connectivity index (χ2n) is 6.33. The fourth-order valence-corrected chi connectivity index (χ4v) is 2.63. The van der Waals surface area contributed by atoms with Gasteiger partial charge in [-0.15, -0.1) is 0 Å². The average molecular weight is 400 g/mol. The maximum absolute atomic E-state index is 12.7. The zero-order valence-electron chi connectivity index (χ0n) is 15.4. The summed E-state index contributed by atoms with van der Waals surface area (Å²) in [4.78, 5) is 20.0. The molecule has 29 heavy (non-hydrogen) atoms. The number of hydrogen-bond acceptors (Lipinski definition) is 4. The first-order valence-corrected chi connectivity index (χ1v) is 8.92. The Morgan fingerprint density at radius 1 is 0.966 bits per heavy atom. The molecular weight excluding hydrogens is 381 g/mol. The second kappa shape index (κ2) is 9.29. The summed E-state index contributed by atoms with van der Waals surface area (Å²) in [5, 5.41) is 5.82. The first-order chi connectivity index (χ1) is 13.9. The fraction of sp³-hybridized carbons (Fsp3) is 0.190. The number of aromatic nitrogens is 2. The van der Waals surface area contributed by atoms with E-state index in [1.54, 1.807) is 12.1 Å². The predicted molar refractivity (Wildman–Crippen MR) is 102 cm³/mol. The Balaban J connectivity index is 1.52. The lowest BCUT2D eigenvalue weighted by molar-refractivity contribution is -0.137. The van der Waals surface area contributed by atoms with E-state index in [1.165, 1.54) is 12.3 Å². The van der Waals surface area contributed by atoms with Gasteiger partial charge in [0.25, 0.3) is 0 Å². The highest BCUT2D eigenvalue weighted by Crippen LogP contribution is 2.29. The summed E-state index contributed by atoms with van der Waals surface area (Å²) in [5.41, 5.74) is 1.89. The van der Waals surface area contributed by atoms with Crippen molar-refractivity contribution in [3.05, 3.63) is 83.8 Å². The molecule has 8 heteroatoms. The molecule has 0 aliphatic rings. The predicted octanol–water partition coefficient (Wildman–Crippen LogP) is 3.57. The van der Waals surface area contributed by atoms with Crippen molar-refractivity contribution in [2.24, 2.45) is 0 Å². The maximum Gasteiger partial charge on any atom is 0.417 e. The van der Waals surface area contributed by atoms with Crippen LogP contribution in [0, 0.1) is 0 Å². The standard InChI is InChI=1S/C21H19F3N4O/c22-21(23,24)17-6-7-19(27-12-17)16-8-9-26-18(10-16)13-28-20(29)14-25-11-15-4-2-1-3-5-15/h1-10,12,25H,11,13-14H2,(H,28,29). The van der Waals surface area contributed by atoms with Crippen molar-refractivity contribution in [2.45, 2.75) is 19.3 Å². The molecule has 1 amide bonds. The molecule has 3 rings (SSSR count). The number of nitrogens with zero attached hydrogens (tertiary/aromatic N) is 2. The van der Waals surface area contributed by atoms with Gasteiger partial charge < -0.3 is 10.6 Å². The number of carbonyl (C=O) groups is 1. The summed E-state index contributed by atoms with van der Waals surface area (Å²) in [6.07, 6.45) is -2.09. The van der Waals surface area contributed by atoms with E-state index in [0.717, 1.165) is 17.8 Å². The smallest absolute Gasteiger partial charge is 0.349 e. The van der Waals surface area contributed by atoms with Crippen LogP contribution in [-0.4, -0.2) is 22.4 Å². The van der Waals surface area contributed by atoms with Crippen LogP contribution in [0.4, 0.5) is 13.2 Å². The first-order valence-electron chi connectivity index (χ1n) is 8.92. The Morgan fingerprint density at radius 2 is 1.76 bits per heavy atom. The third-order valence-corrected chi connectivity index (χ3v) is 4.13. The normalized spacial score (nSPS) is 11.3. The van der Waals surface area contributed by atoms with Gasteiger partial charge in [-0.25, -0.2) is 0 Å². The Kier molecular flexibility index (Phi) is 6.56. The molecule has 2 aromatic heterocycles. The van der Waals surface area contributed by atoms with Crippen molar-refractivity contribution < 1.29 is 18.0 Å². The fourth-order valence-electron chi connectivity index (χ4n) is 2.63. The Hall–Kier alpha value is -3.26. The van der Waals surface area contributed by atoms with Gasteiger partial charge >= 0.3 is 6.18 Å². The number of benzene rings is 1. The van der Waals surface area contributed by atoms with Crippen molar-refractivity contribution in [1.29, 1.82) is 0 Å². The zero-order valence-corrected chi connectivity index (χ0v) is 15.4. The van der Waals surface area contributed by atoms with Gasteiger partial charge in [0.1, 0.15) is 0 Å². The monoisotopic (exact) mass is 400 g/mol. The van der Waals surface area contributed by atoms with Gasteiger partial charge in [0.15, 0.2) is 0 Å². The van der Waals surface area contributed by atoms with Crippen LogP contribution >= 0.6 is 0 Å². The van der Waals surface area contributed by atoms with Crippen molar-refractivity contribution in [3.8, 4) is 11.3 Å². The zero-order chi connectivity index (χ0) is 20.7. The third-order valence-electron chi connectivity index (χ3n) is 4.13. The molecule has 0 aliphatic carbocycles. The number of rotatable bonds is 7. The van der Waals surface area contributed by atoms with E-state index in [2.05, 4.69) is 20.6 Å². The number of pyridine rings is 2. The number of alkyl halides is 3. The lowest BCUT2D eigenvalue weighted by Crippen LogP contribution is -2.33. The summed E-state index contributed by atoms with van der Waals surface area (Å²) >= 11 is 0. The second-order valence-corrected chi connectivity index (χ2v) is 6.33. The van der Waals surface area contributed by atoms with Crippen molar-refractivity contribution in [1.82, 2.24) is 20.6 Å². The lowest BCUT2D eigenvalue weighted by Gasteiger charge is -2.09. The minimum atomic E-state index is -4.42. The SMILES string of the molecule is O=C(CNCc1ccccc1)NCc1cc(-c2ccc(C(F)(F)F)cn2)ccn1. The van der Waals surface area contributed by atoms with Gasteiger partial charge in [0, 0.05) is 24.5 Å².